The number of hydrogen-bond donors (Lipinski definition) is 3. The van der Waals surface area contributed by atoms with Gasteiger partial charge >= 0.3 is 5.97 Å². The van der Waals surface area contributed by atoms with Crippen LogP contribution in [0.5, 0.6) is 0 Å². The molecular weight excluding hydrogens is 244 g/mol. The smallest absolute Gasteiger partial charge is 0.335 e. The Kier molecular flexibility index (Phi) is 4.52. The molecule has 1 atom stereocenters. The van der Waals surface area contributed by atoms with E-state index in [0.29, 0.717) is 13.0 Å². The van der Waals surface area contributed by atoms with E-state index in [-0.39, 0.29) is 17.4 Å². The summed E-state index contributed by atoms with van der Waals surface area (Å²) in [6.07, 6.45) is 1.62. The number of amides is 1. The highest BCUT2D eigenvalue weighted by Gasteiger charge is 2.21. The molecule has 1 aromatic carbocycles. The van der Waals surface area contributed by atoms with Gasteiger partial charge in [0.1, 0.15) is 0 Å². The minimum Gasteiger partial charge on any atom is -0.478 e. The predicted molar refractivity (Wildman–Crippen MR) is 71.1 cm³/mol. The van der Waals surface area contributed by atoms with Crippen molar-refractivity contribution in [3.05, 3.63) is 35.4 Å². The van der Waals surface area contributed by atoms with Crippen LogP contribution in [0.25, 0.3) is 0 Å². The molecule has 0 spiro atoms. The fourth-order valence-electron chi connectivity index (χ4n) is 2.17. The highest BCUT2D eigenvalue weighted by Crippen LogP contribution is 2.08. The maximum atomic E-state index is 11.8. The van der Waals surface area contributed by atoms with Gasteiger partial charge in [0.25, 0.3) is 0 Å². The Morgan fingerprint density at radius 2 is 2.05 bits per heavy atom. The lowest BCUT2D eigenvalue weighted by Gasteiger charge is -2.09. The van der Waals surface area contributed by atoms with E-state index in [4.69, 9.17) is 5.11 Å². The number of carboxylic acids is 1. The van der Waals surface area contributed by atoms with Crippen LogP contribution in [0.2, 0.25) is 0 Å². The van der Waals surface area contributed by atoms with Crippen molar-refractivity contribution in [2.24, 2.45) is 5.92 Å². The third-order valence-corrected chi connectivity index (χ3v) is 3.34. The summed E-state index contributed by atoms with van der Waals surface area (Å²) in [5.41, 5.74) is 1.31. The van der Waals surface area contributed by atoms with E-state index in [1.54, 1.807) is 24.3 Å². The van der Waals surface area contributed by atoms with Crippen LogP contribution in [0, 0.1) is 5.92 Å². The Labute approximate surface area is 112 Å². The maximum Gasteiger partial charge on any atom is 0.335 e. The van der Waals surface area contributed by atoms with Crippen LogP contribution in [0.4, 0.5) is 0 Å². The molecule has 3 N–H and O–H groups in total. The summed E-state index contributed by atoms with van der Waals surface area (Å²) in [7, 11) is 0. The Morgan fingerprint density at radius 1 is 1.32 bits per heavy atom. The van der Waals surface area contributed by atoms with Crippen LogP contribution in [-0.4, -0.2) is 36.6 Å². The monoisotopic (exact) mass is 262 g/mol. The van der Waals surface area contributed by atoms with Gasteiger partial charge in [-0.15, -0.1) is 0 Å². The van der Waals surface area contributed by atoms with E-state index in [1.165, 1.54) is 0 Å². The molecule has 1 aliphatic heterocycles. The van der Waals surface area contributed by atoms with Crippen molar-refractivity contribution >= 4 is 11.9 Å². The average Bonchev–Trinajstić information content (AvgIpc) is 2.93. The normalized spacial score (nSPS) is 18.2. The average molecular weight is 262 g/mol. The van der Waals surface area contributed by atoms with Crippen LogP contribution in [0.1, 0.15) is 22.3 Å². The Morgan fingerprint density at radius 3 is 2.63 bits per heavy atom. The van der Waals surface area contributed by atoms with Crippen LogP contribution >= 0.6 is 0 Å². The molecule has 2 rings (SSSR count). The summed E-state index contributed by atoms with van der Waals surface area (Å²) in [5, 5.41) is 14.9. The molecule has 5 heteroatoms. The second-order valence-corrected chi connectivity index (χ2v) is 4.73. The summed E-state index contributed by atoms with van der Waals surface area (Å²) in [5.74, 6) is -0.727. The SMILES string of the molecule is O=C(O)c1ccc(CCNC(=O)C2CCNC2)cc1. The third kappa shape index (κ3) is 3.79. The molecule has 102 valence electrons. The molecule has 1 unspecified atom stereocenters. The van der Waals surface area contributed by atoms with Crippen LogP contribution in [0.3, 0.4) is 0 Å². The number of carbonyl (C=O) groups is 2. The summed E-state index contributed by atoms with van der Waals surface area (Å²) in [6.45, 7) is 2.26. The Bertz CT molecular complexity index is 450. The lowest BCUT2D eigenvalue weighted by molar-refractivity contribution is -0.124. The summed E-state index contributed by atoms with van der Waals surface area (Å²) in [4.78, 5) is 22.4. The van der Waals surface area contributed by atoms with Crippen molar-refractivity contribution < 1.29 is 14.7 Å². The topological polar surface area (TPSA) is 78.4 Å². The lowest BCUT2D eigenvalue weighted by atomic mass is 10.1. The van der Waals surface area contributed by atoms with Gasteiger partial charge in [-0.2, -0.15) is 0 Å². The van der Waals surface area contributed by atoms with Gasteiger partial charge in [0.05, 0.1) is 11.5 Å². The fraction of sp³-hybridized carbons (Fsp3) is 0.429. The number of carboxylic acid groups (broad SMARTS) is 1. The second-order valence-electron chi connectivity index (χ2n) is 4.73. The Balaban J connectivity index is 1.75. The van der Waals surface area contributed by atoms with Gasteiger partial charge in [-0.1, -0.05) is 12.1 Å². The standard InChI is InChI=1S/C14H18N2O3/c17-13(12-6-7-15-9-12)16-8-5-10-1-3-11(4-2-10)14(18)19/h1-4,12,15H,5-9H2,(H,16,17)(H,18,19). The van der Waals surface area contributed by atoms with Gasteiger partial charge < -0.3 is 15.7 Å². The molecule has 19 heavy (non-hydrogen) atoms. The molecule has 0 aromatic heterocycles. The molecule has 1 amide bonds. The number of benzene rings is 1. The number of hydrogen-bond acceptors (Lipinski definition) is 3. The first-order valence-corrected chi connectivity index (χ1v) is 6.47. The lowest BCUT2D eigenvalue weighted by Crippen LogP contribution is -2.33. The quantitative estimate of drug-likeness (QED) is 0.728. The first-order chi connectivity index (χ1) is 9.16. The van der Waals surface area contributed by atoms with Crippen molar-refractivity contribution in [1.82, 2.24) is 10.6 Å². The molecule has 1 fully saturated rings. The van der Waals surface area contributed by atoms with Crippen molar-refractivity contribution in [2.75, 3.05) is 19.6 Å². The molecule has 1 saturated heterocycles. The zero-order chi connectivity index (χ0) is 13.7. The Hall–Kier alpha value is -1.88. The number of nitrogens with one attached hydrogen (secondary N) is 2. The fourth-order valence-corrected chi connectivity index (χ4v) is 2.17. The largest absolute Gasteiger partial charge is 0.478 e. The van der Waals surface area contributed by atoms with Gasteiger partial charge in [-0.25, -0.2) is 4.79 Å². The molecule has 1 aromatic rings. The van der Waals surface area contributed by atoms with Gasteiger partial charge in [0, 0.05) is 13.1 Å². The molecule has 1 aliphatic rings. The van der Waals surface area contributed by atoms with Crippen molar-refractivity contribution in [2.45, 2.75) is 12.8 Å². The van der Waals surface area contributed by atoms with E-state index in [1.807, 2.05) is 0 Å². The van der Waals surface area contributed by atoms with Crippen molar-refractivity contribution in [3.8, 4) is 0 Å². The van der Waals surface area contributed by atoms with E-state index >= 15 is 0 Å². The summed E-state index contributed by atoms with van der Waals surface area (Å²) in [6, 6.07) is 6.74. The maximum absolute atomic E-state index is 11.8. The van der Waals surface area contributed by atoms with Crippen molar-refractivity contribution in [1.29, 1.82) is 0 Å². The zero-order valence-electron chi connectivity index (χ0n) is 10.7. The van der Waals surface area contributed by atoms with E-state index < -0.39 is 5.97 Å². The zero-order valence-corrected chi connectivity index (χ0v) is 10.7. The molecule has 0 saturated carbocycles. The highest BCUT2D eigenvalue weighted by molar-refractivity contribution is 5.87. The first-order valence-electron chi connectivity index (χ1n) is 6.47. The van der Waals surface area contributed by atoms with Gasteiger partial charge in [0.2, 0.25) is 5.91 Å². The van der Waals surface area contributed by atoms with E-state index in [0.717, 1.165) is 25.1 Å². The molecular formula is C14H18N2O3. The third-order valence-electron chi connectivity index (χ3n) is 3.34. The predicted octanol–water partition coefficient (Wildman–Crippen LogP) is 0.653. The van der Waals surface area contributed by atoms with E-state index in [2.05, 4.69) is 10.6 Å². The van der Waals surface area contributed by atoms with Gasteiger partial charge in [0.15, 0.2) is 0 Å². The summed E-state index contributed by atoms with van der Waals surface area (Å²) >= 11 is 0. The molecule has 0 bridgehead atoms. The minimum atomic E-state index is -0.923. The molecule has 5 nitrogen and oxygen atoms in total. The molecule has 0 aliphatic carbocycles. The number of aromatic carboxylic acids is 1. The minimum absolute atomic E-state index is 0.0920. The second kappa shape index (κ2) is 6.33. The summed E-state index contributed by atoms with van der Waals surface area (Å²) < 4.78 is 0. The van der Waals surface area contributed by atoms with Gasteiger partial charge in [-0.05, 0) is 37.1 Å². The van der Waals surface area contributed by atoms with Crippen LogP contribution < -0.4 is 10.6 Å². The number of rotatable bonds is 5. The van der Waals surface area contributed by atoms with Crippen LogP contribution in [0.15, 0.2) is 24.3 Å². The first kappa shape index (κ1) is 13.5. The highest BCUT2D eigenvalue weighted by atomic mass is 16.4. The van der Waals surface area contributed by atoms with E-state index in [9.17, 15) is 9.59 Å². The molecule has 0 radical (unpaired) electrons. The van der Waals surface area contributed by atoms with Crippen LogP contribution in [-0.2, 0) is 11.2 Å². The van der Waals surface area contributed by atoms with Crippen molar-refractivity contribution in [3.63, 3.8) is 0 Å². The molecule has 1 heterocycles. The number of carbonyl (C=O) groups excluding carboxylic acids is 1. The van der Waals surface area contributed by atoms with Gasteiger partial charge in [-0.3, -0.25) is 4.79 Å².